The Morgan fingerprint density at radius 2 is 1.38 bits per heavy atom. The summed E-state index contributed by atoms with van der Waals surface area (Å²) in [4.78, 5) is 20.9. The molecular weight excluding hydrogens is 640 g/mol. The highest BCUT2D eigenvalue weighted by Crippen LogP contribution is 2.58. The molecule has 3 aliphatic heterocycles. The van der Waals surface area contributed by atoms with Crippen LogP contribution in [0.1, 0.15) is 60.4 Å². The lowest BCUT2D eigenvalue weighted by Gasteiger charge is -2.44. The van der Waals surface area contributed by atoms with Crippen LogP contribution in [-0.2, 0) is 23.4 Å². The summed E-state index contributed by atoms with van der Waals surface area (Å²) in [5, 5.41) is 49.2. The van der Waals surface area contributed by atoms with Gasteiger partial charge in [0.15, 0.2) is 6.29 Å². The second-order valence-electron chi connectivity index (χ2n) is 12.9. The topological polar surface area (TPSA) is 157 Å². The lowest BCUT2D eigenvalue weighted by atomic mass is 9.74. The first kappa shape index (κ1) is 33.9. The van der Waals surface area contributed by atoms with Crippen LogP contribution in [0.5, 0.6) is 11.5 Å². The van der Waals surface area contributed by atoms with Crippen molar-refractivity contribution in [1.82, 2.24) is 19.9 Å². The number of benzene rings is 3. The number of aromatic nitrogens is 3. The van der Waals surface area contributed by atoms with E-state index in [0.29, 0.717) is 22.8 Å². The zero-order chi connectivity index (χ0) is 35.3. The van der Waals surface area contributed by atoms with Crippen molar-refractivity contribution in [3.63, 3.8) is 0 Å². The third-order valence-electron chi connectivity index (χ3n) is 10.3. The molecule has 1 aromatic heterocycles. The molecule has 3 aromatic carbocycles. The quantitative estimate of drug-likeness (QED) is 0.195. The first-order valence-electron chi connectivity index (χ1n) is 17.3. The number of carbonyl (C=O) groups excluding carboxylic acids is 1. The van der Waals surface area contributed by atoms with Crippen LogP contribution in [-0.4, -0.2) is 103 Å². The molecule has 1 fully saturated rings. The minimum absolute atomic E-state index is 0.0594. The number of hydrogen-bond acceptors (Lipinski definition) is 11. The normalized spacial score (nSPS) is 23.3. The molecule has 5 atom stereocenters. The minimum Gasteiger partial charge on any atom is -0.456 e. The molecule has 0 aliphatic carbocycles. The van der Waals surface area contributed by atoms with Crippen molar-refractivity contribution in [2.24, 2.45) is 0 Å². The fourth-order valence-electron chi connectivity index (χ4n) is 7.75. The van der Waals surface area contributed by atoms with Gasteiger partial charge in [-0.1, -0.05) is 35.5 Å². The molecule has 1 spiro atoms. The fourth-order valence-corrected chi connectivity index (χ4v) is 7.75. The van der Waals surface area contributed by atoms with E-state index in [1.54, 1.807) is 6.20 Å². The van der Waals surface area contributed by atoms with Crippen LogP contribution < -0.4 is 14.5 Å². The van der Waals surface area contributed by atoms with Crippen LogP contribution in [0, 0.1) is 0 Å². The number of aliphatic hydroxyl groups is 4. The number of anilines is 2. The van der Waals surface area contributed by atoms with Crippen molar-refractivity contribution in [2.75, 3.05) is 36.0 Å². The minimum atomic E-state index is -1.67. The Kier molecular flexibility index (Phi) is 9.03. The molecule has 4 N–H and O–H groups in total. The molecule has 264 valence electrons. The zero-order valence-corrected chi connectivity index (χ0v) is 28.7. The molecule has 13 nitrogen and oxygen atoms in total. The van der Waals surface area contributed by atoms with Crippen LogP contribution in [0.25, 0.3) is 0 Å². The van der Waals surface area contributed by atoms with Gasteiger partial charge in [0.1, 0.15) is 47.1 Å². The van der Waals surface area contributed by atoms with Gasteiger partial charge >= 0.3 is 0 Å². The van der Waals surface area contributed by atoms with E-state index in [-0.39, 0.29) is 19.0 Å². The molecule has 3 unspecified atom stereocenters. The third-order valence-corrected chi connectivity index (χ3v) is 10.3. The van der Waals surface area contributed by atoms with Gasteiger partial charge in [0.05, 0.1) is 19.3 Å². The highest BCUT2D eigenvalue weighted by atomic mass is 16.6. The number of rotatable bonds is 10. The van der Waals surface area contributed by atoms with E-state index >= 15 is 0 Å². The van der Waals surface area contributed by atoms with E-state index < -0.39 is 36.2 Å². The molecule has 4 heterocycles. The van der Waals surface area contributed by atoms with Gasteiger partial charge < -0.3 is 44.6 Å². The van der Waals surface area contributed by atoms with Crippen LogP contribution in [0.15, 0.2) is 66.9 Å². The second-order valence-corrected chi connectivity index (χ2v) is 12.9. The average molecular weight is 685 g/mol. The Morgan fingerprint density at radius 3 is 1.98 bits per heavy atom. The highest BCUT2D eigenvalue weighted by Gasteiger charge is 2.56. The second kappa shape index (κ2) is 13.3. The first-order chi connectivity index (χ1) is 24.2. The smallest absolute Gasteiger partial charge is 0.255 e. The first-order valence-corrected chi connectivity index (χ1v) is 17.3. The van der Waals surface area contributed by atoms with Crippen molar-refractivity contribution in [1.29, 1.82) is 0 Å². The molecule has 50 heavy (non-hydrogen) atoms. The molecule has 4 aromatic rings. The zero-order valence-electron chi connectivity index (χ0n) is 28.7. The van der Waals surface area contributed by atoms with E-state index in [9.17, 15) is 25.2 Å². The Balaban J connectivity index is 1.35. The van der Waals surface area contributed by atoms with Crippen LogP contribution in [0.3, 0.4) is 0 Å². The van der Waals surface area contributed by atoms with Gasteiger partial charge in [-0.25, -0.2) is 4.68 Å². The van der Waals surface area contributed by atoms with Gasteiger partial charge in [0.2, 0.25) is 0 Å². The summed E-state index contributed by atoms with van der Waals surface area (Å²) in [6, 6.07) is 20.1. The highest BCUT2D eigenvalue weighted by molar-refractivity contribution is 6.02. The number of fused-ring (bicyclic) bond motifs is 6. The maximum atomic E-state index is 14.6. The van der Waals surface area contributed by atoms with Crippen LogP contribution >= 0.6 is 0 Å². The van der Waals surface area contributed by atoms with Gasteiger partial charge in [0.25, 0.3) is 5.91 Å². The van der Waals surface area contributed by atoms with E-state index in [0.717, 1.165) is 54.2 Å². The summed E-state index contributed by atoms with van der Waals surface area (Å²) in [5.41, 5.74) is 4.56. The molecule has 3 aliphatic rings. The molecule has 0 bridgehead atoms. The standard InChI is InChI=1S/C37H44N6O7/c1-5-40(6-2)23-13-15-27-29(17-23)49-30-18-24(41(7-3)8-4)14-16-28(30)37(27)26-12-10-9-11-25(26)35(47)43(37)20-22-19-42(39-38-22)21-31-32(44)33(45)34(46)36(48)50-31/h9-19,31-34,36,44-46,48H,5-8,20-21H2,1-4H3/t31?,32-,33?,34?,36-/m0/s1. The average Bonchev–Trinajstić information content (AvgIpc) is 3.67. The molecule has 0 radical (unpaired) electrons. The summed E-state index contributed by atoms with van der Waals surface area (Å²) >= 11 is 0. The maximum absolute atomic E-state index is 14.6. The molecular formula is C37H44N6O7. The van der Waals surface area contributed by atoms with Crippen LogP contribution in [0.2, 0.25) is 0 Å². The maximum Gasteiger partial charge on any atom is 0.255 e. The summed E-state index contributed by atoms with van der Waals surface area (Å²) in [7, 11) is 0. The Labute approximate surface area is 290 Å². The van der Waals surface area contributed by atoms with Gasteiger partial charge in [0, 0.05) is 66.4 Å². The molecule has 7 rings (SSSR count). The Hall–Kier alpha value is -4.53. The van der Waals surface area contributed by atoms with Crippen molar-refractivity contribution in [3.05, 3.63) is 94.8 Å². The number of hydrogen-bond donors (Lipinski definition) is 4. The predicted molar refractivity (Wildman–Crippen MR) is 185 cm³/mol. The van der Waals surface area contributed by atoms with Gasteiger partial charge in [-0.05, 0) is 51.5 Å². The fraction of sp³-hybridized carbons (Fsp3) is 0.432. The summed E-state index contributed by atoms with van der Waals surface area (Å²) in [6.07, 6.45) is -5.76. The number of nitrogens with zero attached hydrogens (tertiary/aromatic N) is 6. The summed E-state index contributed by atoms with van der Waals surface area (Å²) in [5.74, 6) is 1.17. The van der Waals surface area contributed by atoms with Gasteiger partial charge in [-0.2, -0.15) is 0 Å². The van der Waals surface area contributed by atoms with Crippen molar-refractivity contribution >= 4 is 17.3 Å². The molecule has 0 saturated carbocycles. The Bertz CT molecular complexity index is 1810. The van der Waals surface area contributed by atoms with Gasteiger partial charge in [-0.3, -0.25) is 4.79 Å². The number of carbonyl (C=O) groups is 1. The van der Waals surface area contributed by atoms with E-state index in [4.69, 9.17) is 9.47 Å². The van der Waals surface area contributed by atoms with Crippen molar-refractivity contribution in [3.8, 4) is 11.5 Å². The SMILES string of the molecule is CCN(CC)c1ccc2c(c1)Oc1cc(N(CC)CC)ccc1C21c2ccccc2C(=O)N1Cc1cn(CC2O[C@H](O)C(O)C(O)[C@H]2O)nn1. The molecule has 13 heteroatoms. The van der Waals surface area contributed by atoms with E-state index in [2.05, 4.69) is 84.2 Å². The molecule has 1 amide bonds. The van der Waals surface area contributed by atoms with Gasteiger partial charge in [-0.15, -0.1) is 5.10 Å². The Morgan fingerprint density at radius 1 is 0.780 bits per heavy atom. The lowest BCUT2D eigenvalue weighted by molar-refractivity contribution is -0.284. The number of aliphatic hydroxyl groups excluding tert-OH is 4. The predicted octanol–water partition coefficient (Wildman–Crippen LogP) is 2.82. The number of ether oxygens (including phenoxy) is 2. The van der Waals surface area contributed by atoms with E-state index in [1.165, 1.54) is 4.68 Å². The van der Waals surface area contributed by atoms with Crippen LogP contribution in [0.4, 0.5) is 11.4 Å². The summed E-state index contributed by atoms with van der Waals surface area (Å²) in [6.45, 7) is 11.8. The van der Waals surface area contributed by atoms with E-state index in [1.807, 2.05) is 29.2 Å². The van der Waals surface area contributed by atoms with Crippen molar-refractivity contribution < 1.29 is 34.7 Å². The van der Waals surface area contributed by atoms with Crippen molar-refractivity contribution in [2.45, 2.75) is 77.0 Å². The molecule has 1 saturated heterocycles. The largest absolute Gasteiger partial charge is 0.456 e. The number of amides is 1. The summed E-state index contributed by atoms with van der Waals surface area (Å²) < 4.78 is 13.6. The third kappa shape index (κ3) is 5.31. The lowest BCUT2D eigenvalue weighted by Crippen LogP contribution is -2.58. The monoisotopic (exact) mass is 684 g/mol.